The molecule has 1 saturated heterocycles. The lowest BCUT2D eigenvalue weighted by atomic mass is 9.99. The molecule has 27 heavy (non-hydrogen) atoms. The summed E-state index contributed by atoms with van der Waals surface area (Å²) in [7, 11) is 0. The van der Waals surface area contributed by atoms with Gasteiger partial charge in [0.25, 0.3) is 0 Å². The minimum Gasteiger partial charge on any atom is -0.366 e. The number of nitrogens with two attached hydrogens (primary N) is 1. The van der Waals surface area contributed by atoms with Gasteiger partial charge in [-0.2, -0.15) is 0 Å². The van der Waals surface area contributed by atoms with Gasteiger partial charge in [-0.3, -0.25) is 14.4 Å². The molecule has 0 spiro atoms. The van der Waals surface area contributed by atoms with Gasteiger partial charge in [0.15, 0.2) is 0 Å². The van der Waals surface area contributed by atoms with Crippen LogP contribution in [0, 0.1) is 5.82 Å². The molecule has 0 aliphatic carbocycles. The van der Waals surface area contributed by atoms with E-state index in [-0.39, 0.29) is 24.2 Å². The number of carbonyl (C=O) groups excluding carboxylic acids is 3. The van der Waals surface area contributed by atoms with E-state index >= 15 is 0 Å². The SMILES string of the molecule is NC(=O)c1ccc(NC(=O)C2CCCC(=O)N2Cc2ccc(F)cc2)cc1. The number of nitrogens with zero attached hydrogens (tertiary/aromatic N) is 1. The lowest BCUT2D eigenvalue weighted by molar-refractivity contribution is -0.142. The Hall–Kier alpha value is -3.22. The fourth-order valence-corrected chi connectivity index (χ4v) is 3.12. The number of carbonyl (C=O) groups is 3. The summed E-state index contributed by atoms with van der Waals surface area (Å²) in [6, 6.07) is 11.5. The van der Waals surface area contributed by atoms with E-state index in [1.165, 1.54) is 29.2 Å². The van der Waals surface area contributed by atoms with E-state index in [0.29, 0.717) is 30.5 Å². The summed E-state index contributed by atoms with van der Waals surface area (Å²) in [5.41, 5.74) is 6.83. The first kappa shape index (κ1) is 18.6. The van der Waals surface area contributed by atoms with Crippen LogP contribution in [0.25, 0.3) is 0 Å². The smallest absolute Gasteiger partial charge is 0.248 e. The minimum absolute atomic E-state index is 0.102. The molecular weight excluding hydrogens is 349 g/mol. The van der Waals surface area contributed by atoms with Gasteiger partial charge in [-0.15, -0.1) is 0 Å². The fourth-order valence-electron chi connectivity index (χ4n) is 3.12. The molecule has 2 aromatic carbocycles. The number of rotatable bonds is 5. The molecule has 3 rings (SSSR count). The molecule has 1 aliphatic heterocycles. The summed E-state index contributed by atoms with van der Waals surface area (Å²) in [5, 5.41) is 2.78. The molecule has 140 valence electrons. The van der Waals surface area contributed by atoms with Crippen LogP contribution in [0.15, 0.2) is 48.5 Å². The van der Waals surface area contributed by atoms with Gasteiger partial charge in [-0.25, -0.2) is 4.39 Å². The molecule has 6 nitrogen and oxygen atoms in total. The first-order valence-electron chi connectivity index (χ1n) is 8.68. The molecule has 3 amide bonds. The van der Waals surface area contributed by atoms with Crippen LogP contribution >= 0.6 is 0 Å². The van der Waals surface area contributed by atoms with Crippen molar-refractivity contribution in [3.63, 3.8) is 0 Å². The van der Waals surface area contributed by atoms with Crippen molar-refractivity contribution in [3.8, 4) is 0 Å². The molecule has 7 heteroatoms. The topological polar surface area (TPSA) is 92.5 Å². The van der Waals surface area contributed by atoms with Crippen molar-refractivity contribution in [1.82, 2.24) is 4.90 Å². The molecule has 0 bridgehead atoms. The van der Waals surface area contributed by atoms with E-state index in [9.17, 15) is 18.8 Å². The summed E-state index contributed by atoms with van der Waals surface area (Å²) in [4.78, 5) is 37.8. The van der Waals surface area contributed by atoms with Crippen LogP contribution in [-0.2, 0) is 16.1 Å². The molecule has 0 saturated carbocycles. The maximum absolute atomic E-state index is 13.1. The van der Waals surface area contributed by atoms with Gasteiger partial charge in [0.1, 0.15) is 11.9 Å². The lowest BCUT2D eigenvalue weighted by Gasteiger charge is -2.34. The van der Waals surface area contributed by atoms with Gasteiger partial charge in [0.2, 0.25) is 17.7 Å². The van der Waals surface area contributed by atoms with Gasteiger partial charge in [-0.05, 0) is 54.8 Å². The molecular formula is C20H20FN3O3. The predicted octanol–water partition coefficient (Wildman–Crippen LogP) is 2.44. The Balaban J connectivity index is 1.73. The summed E-state index contributed by atoms with van der Waals surface area (Å²) >= 11 is 0. The van der Waals surface area contributed by atoms with Crippen LogP contribution in [0.2, 0.25) is 0 Å². The van der Waals surface area contributed by atoms with Crippen LogP contribution in [0.4, 0.5) is 10.1 Å². The molecule has 3 N–H and O–H groups in total. The van der Waals surface area contributed by atoms with Crippen LogP contribution in [0.3, 0.4) is 0 Å². The number of hydrogen-bond donors (Lipinski definition) is 2. The molecule has 1 fully saturated rings. The number of primary amides is 1. The number of hydrogen-bond acceptors (Lipinski definition) is 3. The normalized spacial score (nSPS) is 16.9. The van der Waals surface area contributed by atoms with Crippen molar-refractivity contribution in [2.24, 2.45) is 5.73 Å². The summed E-state index contributed by atoms with van der Waals surface area (Å²) < 4.78 is 13.1. The molecule has 1 aliphatic rings. The van der Waals surface area contributed by atoms with E-state index in [2.05, 4.69) is 5.32 Å². The number of anilines is 1. The average Bonchev–Trinajstić information content (AvgIpc) is 2.65. The lowest BCUT2D eigenvalue weighted by Crippen LogP contribution is -2.49. The third-order valence-corrected chi connectivity index (χ3v) is 4.57. The third kappa shape index (κ3) is 4.49. The van der Waals surface area contributed by atoms with Gasteiger partial charge >= 0.3 is 0 Å². The van der Waals surface area contributed by atoms with Crippen LogP contribution in [0.5, 0.6) is 0 Å². The Morgan fingerprint density at radius 2 is 1.78 bits per heavy atom. The van der Waals surface area contributed by atoms with Crippen molar-refractivity contribution < 1.29 is 18.8 Å². The van der Waals surface area contributed by atoms with Crippen molar-refractivity contribution in [2.75, 3.05) is 5.32 Å². The van der Waals surface area contributed by atoms with Crippen molar-refractivity contribution in [1.29, 1.82) is 0 Å². The quantitative estimate of drug-likeness (QED) is 0.848. The maximum atomic E-state index is 13.1. The molecule has 2 aromatic rings. The number of amides is 3. The Labute approximate surface area is 156 Å². The summed E-state index contributed by atoms with van der Waals surface area (Å²) in [5.74, 6) is -1.29. The van der Waals surface area contributed by atoms with Gasteiger partial charge in [0, 0.05) is 24.2 Å². The predicted molar refractivity (Wildman–Crippen MR) is 98.2 cm³/mol. The second-order valence-electron chi connectivity index (χ2n) is 6.49. The molecule has 1 unspecified atom stereocenters. The molecule has 0 aromatic heterocycles. The van der Waals surface area contributed by atoms with E-state index in [0.717, 1.165) is 5.56 Å². The molecule has 0 radical (unpaired) electrons. The van der Waals surface area contributed by atoms with E-state index in [1.54, 1.807) is 24.3 Å². The zero-order valence-electron chi connectivity index (χ0n) is 14.7. The zero-order valence-corrected chi connectivity index (χ0v) is 14.7. The van der Waals surface area contributed by atoms with Gasteiger partial charge in [0.05, 0.1) is 0 Å². The highest BCUT2D eigenvalue weighted by atomic mass is 19.1. The number of halogens is 1. The van der Waals surface area contributed by atoms with Crippen LogP contribution in [0.1, 0.15) is 35.2 Å². The highest BCUT2D eigenvalue weighted by Gasteiger charge is 2.33. The number of benzene rings is 2. The van der Waals surface area contributed by atoms with E-state index in [1.807, 2.05) is 0 Å². The first-order chi connectivity index (χ1) is 12.9. The summed E-state index contributed by atoms with van der Waals surface area (Å²) in [6.07, 6.45) is 1.58. The fraction of sp³-hybridized carbons (Fsp3) is 0.250. The monoisotopic (exact) mass is 369 g/mol. The second-order valence-corrected chi connectivity index (χ2v) is 6.49. The highest BCUT2D eigenvalue weighted by molar-refractivity contribution is 5.98. The Morgan fingerprint density at radius 1 is 1.11 bits per heavy atom. The standard InChI is InChI=1S/C20H20FN3O3/c21-15-8-4-13(5-9-15)12-24-17(2-1-3-18(24)25)20(27)23-16-10-6-14(7-11-16)19(22)26/h4-11,17H,1-3,12H2,(H2,22,26)(H,23,27). The maximum Gasteiger partial charge on any atom is 0.248 e. The van der Waals surface area contributed by atoms with Crippen LogP contribution in [-0.4, -0.2) is 28.7 Å². The number of nitrogens with one attached hydrogen (secondary N) is 1. The third-order valence-electron chi connectivity index (χ3n) is 4.57. The number of likely N-dealkylation sites (tertiary alicyclic amines) is 1. The van der Waals surface area contributed by atoms with Crippen LogP contribution < -0.4 is 11.1 Å². The van der Waals surface area contributed by atoms with Gasteiger partial charge in [-0.1, -0.05) is 12.1 Å². The Morgan fingerprint density at radius 3 is 2.41 bits per heavy atom. The second kappa shape index (κ2) is 7.99. The average molecular weight is 369 g/mol. The largest absolute Gasteiger partial charge is 0.366 e. The molecule has 1 heterocycles. The Bertz CT molecular complexity index is 850. The van der Waals surface area contributed by atoms with E-state index in [4.69, 9.17) is 5.73 Å². The Kier molecular flexibility index (Phi) is 5.49. The van der Waals surface area contributed by atoms with Crippen molar-refractivity contribution >= 4 is 23.4 Å². The summed E-state index contributed by atoms with van der Waals surface area (Å²) in [6.45, 7) is 0.248. The van der Waals surface area contributed by atoms with E-state index < -0.39 is 11.9 Å². The van der Waals surface area contributed by atoms with Crippen molar-refractivity contribution in [3.05, 3.63) is 65.5 Å². The molecule has 1 atom stereocenters. The zero-order chi connectivity index (χ0) is 19.4. The minimum atomic E-state index is -0.605. The first-order valence-corrected chi connectivity index (χ1v) is 8.68. The highest BCUT2D eigenvalue weighted by Crippen LogP contribution is 2.23. The van der Waals surface area contributed by atoms with Gasteiger partial charge < -0.3 is 16.0 Å². The van der Waals surface area contributed by atoms with Crippen molar-refractivity contribution in [2.45, 2.75) is 31.8 Å². The number of piperidine rings is 1.